The number of benzene rings is 1. The summed E-state index contributed by atoms with van der Waals surface area (Å²) in [6.45, 7) is 3.16. The number of amides is 2. The molecule has 1 aliphatic heterocycles. The van der Waals surface area contributed by atoms with E-state index in [0.717, 1.165) is 30.4 Å². The summed E-state index contributed by atoms with van der Waals surface area (Å²) in [5.41, 5.74) is 2.03. The molecule has 0 radical (unpaired) electrons. The molecule has 2 aromatic rings. The van der Waals surface area contributed by atoms with Crippen LogP contribution in [0.25, 0.3) is 11.4 Å². The molecule has 2 heterocycles. The van der Waals surface area contributed by atoms with E-state index >= 15 is 0 Å². The third-order valence-electron chi connectivity index (χ3n) is 5.12. The van der Waals surface area contributed by atoms with Crippen molar-refractivity contribution in [1.82, 2.24) is 20.4 Å². The van der Waals surface area contributed by atoms with Crippen molar-refractivity contribution in [3.63, 3.8) is 0 Å². The number of likely N-dealkylation sites (tertiary alicyclic amines) is 1. The summed E-state index contributed by atoms with van der Waals surface area (Å²) in [5, 5.41) is 7.08. The minimum absolute atomic E-state index is 0.0274. The largest absolute Gasteiger partial charge is 0.453 e. The van der Waals surface area contributed by atoms with Crippen LogP contribution in [-0.2, 0) is 16.0 Å². The second-order valence-corrected chi connectivity index (χ2v) is 7.36. The highest BCUT2D eigenvalue weighted by Crippen LogP contribution is 2.20. The summed E-state index contributed by atoms with van der Waals surface area (Å²) < 4.78 is 10.1. The Morgan fingerprint density at radius 3 is 2.93 bits per heavy atom. The number of aromatic nitrogens is 2. The van der Waals surface area contributed by atoms with Crippen LogP contribution in [0.5, 0.6) is 0 Å². The van der Waals surface area contributed by atoms with Gasteiger partial charge in [0.2, 0.25) is 17.6 Å². The molecule has 8 heteroatoms. The molecule has 1 aliphatic rings. The van der Waals surface area contributed by atoms with Gasteiger partial charge in [0.25, 0.3) is 0 Å². The standard InChI is InChI=1S/C21H28N4O4/c1-15-8-3-4-10-17(15)20-23-19(29-24-20)12-7-11-18(26)22-16-9-5-6-13-25(14-16)21(27)28-2/h3-4,8,10,16H,5-7,9,11-14H2,1-2H3,(H,22,26)/t16-/m0/s1. The highest BCUT2D eigenvalue weighted by atomic mass is 16.5. The number of methoxy groups -OCH3 is 1. The van der Waals surface area contributed by atoms with Gasteiger partial charge in [0, 0.05) is 37.5 Å². The average molecular weight is 400 g/mol. The van der Waals surface area contributed by atoms with E-state index in [1.807, 2.05) is 31.2 Å². The Kier molecular flexibility index (Phi) is 7.21. The van der Waals surface area contributed by atoms with E-state index in [-0.39, 0.29) is 18.0 Å². The number of hydrogen-bond acceptors (Lipinski definition) is 6. The van der Waals surface area contributed by atoms with Gasteiger partial charge in [-0.2, -0.15) is 4.98 Å². The highest BCUT2D eigenvalue weighted by Gasteiger charge is 2.23. The lowest BCUT2D eigenvalue weighted by atomic mass is 10.1. The smallest absolute Gasteiger partial charge is 0.409 e. The first-order valence-corrected chi connectivity index (χ1v) is 10.1. The molecule has 3 rings (SSSR count). The molecule has 1 saturated heterocycles. The van der Waals surface area contributed by atoms with E-state index in [2.05, 4.69) is 15.5 Å². The van der Waals surface area contributed by atoms with E-state index in [1.165, 1.54) is 7.11 Å². The Labute approximate surface area is 170 Å². The van der Waals surface area contributed by atoms with Crippen molar-refractivity contribution in [2.75, 3.05) is 20.2 Å². The van der Waals surface area contributed by atoms with E-state index in [0.29, 0.717) is 44.1 Å². The molecule has 29 heavy (non-hydrogen) atoms. The molecule has 1 atom stereocenters. The number of carbonyl (C=O) groups is 2. The van der Waals surface area contributed by atoms with Gasteiger partial charge in [-0.25, -0.2) is 4.79 Å². The van der Waals surface area contributed by atoms with Crippen molar-refractivity contribution < 1.29 is 18.8 Å². The highest BCUT2D eigenvalue weighted by molar-refractivity contribution is 5.76. The minimum Gasteiger partial charge on any atom is -0.453 e. The maximum Gasteiger partial charge on any atom is 0.409 e. The lowest BCUT2D eigenvalue weighted by Gasteiger charge is -2.23. The summed E-state index contributed by atoms with van der Waals surface area (Å²) >= 11 is 0. The number of carbonyl (C=O) groups excluding carboxylic acids is 2. The van der Waals surface area contributed by atoms with Gasteiger partial charge in [-0.1, -0.05) is 29.4 Å². The lowest BCUT2D eigenvalue weighted by Crippen LogP contribution is -2.44. The molecule has 0 aliphatic carbocycles. The van der Waals surface area contributed by atoms with E-state index in [1.54, 1.807) is 4.90 Å². The Hall–Kier alpha value is -2.90. The van der Waals surface area contributed by atoms with Crippen LogP contribution in [0.2, 0.25) is 0 Å². The van der Waals surface area contributed by atoms with Crippen LogP contribution in [-0.4, -0.2) is 53.3 Å². The zero-order valence-corrected chi connectivity index (χ0v) is 17.0. The fraction of sp³-hybridized carbons (Fsp3) is 0.524. The second-order valence-electron chi connectivity index (χ2n) is 7.36. The average Bonchev–Trinajstić information content (AvgIpc) is 3.05. The van der Waals surface area contributed by atoms with Gasteiger partial charge in [0.05, 0.1) is 7.11 Å². The van der Waals surface area contributed by atoms with Gasteiger partial charge < -0.3 is 19.5 Å². The van der Waals surface area contributed by atoms with Gasteiger partial charge >= 0.3 is 6.09 Å². The third kappa shape index (κ3) is 5.79. The fourth-order valence-electron chi connectivity index (χ4n) is 3.54. The Balaban J connectivity index is 1.45. The van der Waals surface area contributed by atoms with Gasteiger partial charge in [-0.15, -0.1) is 0 Å². The summed E-state index contributed by atoms with van der Waals surface area (Å²) in [5.74, 6) is 1.08. The van der Waals surface area contributed by atoms with Gasteiger partial charge in [0.1, 0.15) is 0 Å². The summed E-state index contributed by atoms with van der Waals surface area (Å²) in [4.78, 5) is 30.2. The molecule has 0 unspecified atom stereocenters. The molecule has 0 spiro atoms. The molecular formula is C21H28N4O4. The first-order valence-electron chi connectivity index (χ1n) is 10.1. The predicted molar refractivity (Wildman–Crippen MR) is 107 cm³/mol. The maximum atomic E-state index is 12.3. The van der Waals surface area contributed by atoms with E-state index in [4.69, 9.17) is 9.26 Å². The number of nitrogens with zero attached hydrogens (tertiary/aromatic N) is 3. The Morgan fingerprint density at radius 1 is 1.31 bits per heavy atom. The van der Waals surface area contributed by atoms with E-state index < -0.39 is 0 Å². The van der Waals surface area contributed by atoms with Crippen LogP contribution in [0.15, 0.2) is 28.8 Å². The van der Waals surface area contributed by atoms with Crippen LogP contribution in [0.4, 0.5) is 4.79 Å². The minimum atomic E-state index is -0.341. The normalized spacial score (nSPS) is 16.9. The second kappa shape index (κ2) is 10.0. The number of nitrogens with one attached hydrogen (secondary N) is 1. The molecular weight excluding hydrogens is 372 g/mol. The molecule has 1 aromatic heterocycles. The molecule has 1 fully saturated rings. The Bertz CT molecular complexity index is 836. The molecule has 1 aromatic carbocycles. The molecule has 0 saturated carbocycles. The topological polar surface area (TPSA) is 97.6 Å². The molecule has 2 amide bonds. The quantitative estimate of drug-likeness (QED) is 0.800. The van der Waals surface area contributed by atoms with Crippen LogP contribution in [0.1, 0.15) is 43.6 Å². The van der Waals surface area contributed by atoms with Crippen LogP contribution < -0.4 is 5.32 Å². The number of ether oxygens (including phenoxy) is 1. The zero-order chi connectivity index (χ0) is 20.6. The molecule has 156 valence electrons. The van der Waals surface area contributed by atoms with Gasteiger partial charge in [0.15, 0.2) is 0 Å². The first-order chi connectivity index (χ1) is 14.1. The van der Waals surface area contributed by atoms with Crippen molar-refractivity contribution in [2.45, 2.75) is 51.5 Å². The van der Waals surface area contributed by atoms with Crippen LogP contribution in [0.3, 0.4) is 0 Å². The van der Waals surface area contributed by atoms with Gasteiger partial charge in [-0.3, -0.25) is 4.79 Å². The van der Waals surface area contributed by atoms with Crippen molar-refractivity contribution in [1.29, 1.82) is 0 Å². The molecule has 8 nitrogen and oxygen atoms in total. The van der Waals surface area contributed by atoms with Crippen LogP contribution >= 0.6 is 0 Å². The SMILES string of the molecule is COC(=O)N1CCCC[C@H](NC(=O)CCCc2nc(-c3ccccc3C)no2)C1. The summed E-state index contributed by atoms with van der Waals surface area (Å²) in [6.07, 6.45) is 3.95. The van der Waals surface area contributed by atoms with Crippen molar-refractivity contribution >= 4 is 12.0 Å². The van der Waals surface area contributed by atoms with E-state index in [9.17, 15) is 9.59 Å². The van der Waals surface area contributed by atoms with Crippen molar-refractivity contribution in [2.24, 2.45) is 0 Å². The number of hydrogen-bond donors (Lipinski definition) is 1. The fourth-order valence-corrected chi connectivity index (χ4v) is 3.54. The molecule has 1 N–H and O–H groups in total. The number of rotatable bonds is 6. The molecule has 0 bridgehead atoms. The van der Waals surface area contributed by atoms with Crippen LogP contribution in [0, 0.1) is 6.92 Å². The lowest BCUT2D eigenvalue weighted by molar-refractivity contribution is -0.122. The van der Waals surface area contributed by atoms with Crippen molar-refractivity contribution in [3.8, 4) is 11.4 Å². The predicted octanol–water partition coefficient (Wildman–Crippen LogP) is 3.10. The third-order valence-corrected chi connectivity index (χ3v) is 5.12. The summed E-state index contributed by atoms with van der Waals surface area (Å²) in [6, 6.07) is 7.83. The maximum absolute atomic E-state index is 12.3. The number of aryl methyl sites for hydroxylation is 2. The summed E-state index contributed by atoms with van der Waals surface area (Å²) in [7, 11) is 1.38. The Morgan fingerprint density at radius 2 is 2.14 bits per heavy atom. The van der Waals surface area contributed by atoms with Gasteiger partial charge in [-0.05, 0) is 38.2 Å². The zero-order valence-electron chi connectivity index (χ0n) is 17.0. The first kappa shape index (κ1) is 20.8. The monoisotopic (exact) mass is 400 g/mol. The van der Waals surface area contributed by atoms with Crippen molar-refractivity contribution in [3.05, 3.63) is 35.7 Å².